The SMILES string of the molecule is CC(C)(C)OC(=O)CC1CCCC(OCc2nc(-c3ccc(C(=O)NC4CN[C@H](C(=O)N5CCCC5)C4)c(F)c3)no2)CC1. The second-order valence-electron chi connectivity index (χ2n) is 13.2. The number of amides is 2. The van der Waals surface area contributed by atoms with Crippen LogP contribution in [0.5, 0.6) is 0 Å². The lowest BCUT2D eigenvalue weighted by atomic mass is 9.96. The van der Waals surface area contributed by atoms with Crippen molar-refractivity contribution in [2.45, 2.75) is 109 Å². The van der Waals surface area contributed by atoms with Crippen LogP contribution in [0.3, 0.4) is 0 Å². The predicted molar refractivity (Wildman–Crippen MR) is 159 cm³/mol. The number of hydrogen-bond donors (Lipinski definition) is 2. The van der Waals surface area contributed by atoms with E-state index in [1.807, 2.05) is 25.7 Å². The van der Waals surface area contributed by atoms with Crippen molar-refractivity contribution in [2.24, 2.45) is 5.92 Å². The van der Waals surface area contributed by atoms with E-state index in [2.05, 4.69) is 20.8 Å². The monoisotopic (exact) mass is 613 g/mol. The molecular weight excluding hydrogens is 569 g/mol. The van der Waals surface area contributed by atoms with Crippen LogP contribution in [0, 0.1) is 11.7 Å². The third kappa shape index (κ3) is 8.62. The van der Waals surface area contributed by atoms with Crippen molar-refractivity contribution >= 4 is 17.8 Å². The minimum Gasteiger partial charge on any atom is -0.460 e. The molecule has 2 aliphatic heterocycles. The maximum Gasteiger partial charge on any atom is 0.306 e. The van der Waals surface area contributed by atoms with Crippen LogP contribution in [0.1, 0.15) is 94.8 Å². The molecule has 3 unspecified atom stereocenters. The maximum absolute atomic E-state index is 15.0. The average molecular weight is 614 g/mol. The smallest absolute Gasteiger partial charge is 0.306 e. The molecule has 1 aromatic carbocycles. The number of ether oxygens (including phenoxy) is 2. The minimum absolute atomic E-state index is 0.0212. The lowest BCUT2D eigenvalue weighted by molar-refractivity contribution is -0.156. The Hall–Kier alpha value is -3.38. The standard InChI is InChI=1S/C32H44FN5O6/c1-32(2,3)43-28(39)15-20-7-6-8-23(11-9-20)42-19-27-36-29(37-44-27)21-10-12-24(25(33)16-21)30(40)35-22-17-26(34-18-22)31(41)38-13-4-5-14-38/h10,12,16,20,22-23,26,34H,4-9,11,13-15,17-19H2,1-3H3,(H,35,40)/t20?,22?,23?,26-/m0/s1. The van der Waals surface area contributed by atoms with Crippen LogP contribution in [0.25, 0.3) is 11.4 Å². The third-order valence-corrected chi connectivity index (χ3v) is 8.48. The summed E-state index contributed by atoms with van der Waals surface area (Å²) in [5.41, 5.74) is -0.187. The zero-order valence-electron chi connectivity index (χ0n) is 25.9. The van der Waals surface area contributed by atoms with Gasteiger partial charge >= 0.3 is 5.97 Å². The lowest BCUT2D eigenvalue weighted by Crippen LogP contribution is -2.42. The minimum atomic E-state index is -0.697. The molecule has 0 radical (unpaired) electrons. The largest absolute Gasteiger partial charge is 0.460 e. The number of carbonyl (C=O) groups is 3. The van der Waals surface area contributed by atoms with E-state index in [9.17, 15) is 14.4 Å². The van der Waals surface area contributed by atoms with Gasteiger partial charge in [0.1, 0.15) is 18.0 Å². The highest BCUT2D eigenvalue weighted by Gasteiger charge is 2.34. The van der Waals surface area contributed by atoms with Gasteiger partial charge in [0.25, 0.3) is 11.8 Å². The topological polar surface area (TPSA) is 136 Å². The summed E-state index contributed by atoms with van der Waals surface area (Å²) >= 11 is 0. The van der Waals surface area contributed by atoms with E-state index in [4.69, 9.17) is 14.0 Å². The average Bonchev–Trinajstić information content (AvgIpc) is 3.73. The molecule has 2 N–H and O–H groups in total. The molecule has 240 valence electrons. The van der Waals surface area contributed by atoms with E-state index in [1.54, 1.807) is 6.07 Å². The van der Waals surface area contributed by atoms with Crippen LogP contribution in [0.4, 0.5) is 4.39 Å². The van der Waals surface area contributed by atoms with Crippen molar-refractivity contribution in [2.75, 3.05) is 19.6 Å². The molecule has 0 spiro atoms. The summed E-state index contributed by atoms with van der Waals surface area (Å²) in [6.45, 7) is 7.77. The van der Waals surface area contributed by atoms with Crippen molar-refractivity contribution in [3.63, 3.8) is 0 Å². The van der Waals surface area contributed by atoms with Gasteiger partial charge in [0.05, 0.1) is 17.7 Å². The predicted octanol–water partition coefficient (Wildman–Crippen LogP) is 4.16. The van der Waals surface area contributed by atoms with Crippen LogP contribution >= 0.6 is 0 Å². The molecule has 11 nitrogen and oxygen atoms in total. The Morgan fingerprint density at radius 3 is 2.66 bits per heavy atom. The Kier molecular flexibility index (Phi) is 10.3. The molecule has 44 heavy (non-hydrogen) atoms. The first-order valence-electron chi connectivity index (χ1n) is 15.8. The van der Waals surface area contributed by atoms with Crippen molar-refractivity contribution < 1.29 is 32.8 Å². The lowest BCUT2D eigenvalue weighted by Gasteiger charge is -2.21. The van der Waals surface area contributed by atoms with E-state index in [-0.39, 0.29) is 59.9 Å². The Bertz CT molecular complexity index is 1320. The van der Waals surface area contributed by atoms with Gasteiger partial charge < -0.3 is 29.5 Å². The van der Waals surface area contributed by atoms with Gasteiger partial charge in [-0.1, -0.05) is 17.6 Å². The molecule has 12 heteroatoms. The molecule has 3 fully saturated rings. The van der Waals surface area contributed by atoms with Crippen LogP contribution in [-0.4, -0.2) is 76.2 Å². The number of esters is 1. The highest BCUT2D eigenvalue weighted by Crippen LogP contribution is 2.29. The van der Waals surface area contributed by atoms with Crippen molar-refractivity contribution in [1.29, 1.82) is 0 Å². The van der Waals surface area contributed by atoms with E-state index >= 15 is 4.39 Å². The quantitative estimate of drug-likeness (QED) is 0.316. The summed E-state index contributed by atoms with van der Waals surface area (Å²) in [7, 11) is 0. The Morgan fingerprint density at radius 2 is 1.91 bits per heavy atom. The first-order chi connectivity index (χ1) is 21.0. The summed E-state index contributed by atoms with van der Waals surface area (Å²) in [5, 5.41) is 10.00. The molecule has 1 aliphatic carbocycles. The highest BCUT2D eigenvalue weighted by molar-refractivity contribution is 5.95. The fourth-order valence-electron chi connectivity index (χ4n) is 6.25. The Labute approximate surface area is 257 Å². The molecule has 2 saturated heterocycles. The molecular formula is C32H44FN5O6. The fourth-order valence-corrected chi connectivity index (χ4v) is 6.25. The molecule has 2 aromatic rings. The molecule has 3 heterocycles. The van der Waals surface area contributed by atoms with E-state index in [1.165, 1.54) is 12.1 Å². The number of carbonyl (C=O) groups excluding carboxylic acids is 3. The number of aromatic nitrogens is 2. The third-order valence-electron chi connectivity index (χ3n) is 8.48. The van der Waals surface area contributed by atoms with Gasteiger partial charge in [-0.2, -0.15) is 4.98 Å². The molecule has 1 saturated carbocycles. The zero-order valence-corrected chi connectivity index (χ0v) is 25.9. The summed E-state index contributed by atoms with van der Waals surface area (Å²) in [6.07, 6.45) is 7.47. The Balaban J connectivity index is 1.08. The number of rotatable bonds is 9. The molecule has 0 bridgehead atoms. The van der Waals surface area contributed by atoms with E-state index in [0.717, 1.165) is 58.0 Å². The van der Waals surface area contributed by atoms with E-state index < -0.39 is 17.3 Å². The van der Waals surface area contributed by atoms with Gasteiger partial charge in [-0.05, 0) is 83.8 Å². The van der Waals surface area contributed by atoms with Crippen LogP contribution in [0.15, 0.2) is 22.7 Å². The summed E-state index contributed by atoms with van der Waals surface area (Å²) in [6, 6.07) is 3.61. The maximum atomic E-state index is 15.0. The Morgan fingerprint density at radius 1 is 1.11 bits per heavy atom. The van der Waals surface area contributed by atoms with Crippen molar-refractivity contribution in [3.8, 4) is 11.4 Å². The second-order valence-corrected chi connectivity index (χ2v) is 13.2. The van der Waals surface area contributed by atoms with Crippen molar-refractivity contribution in [1.82, 2.24) is 25.7 Å². The van der Waals surface area contributed by atoms with Gasteiger partial charge in [0, 0.05) is 37.7 Å². The molecule has 1 aromatic heterocycles. The summed E-state index contributed by atoms with van der Waals surface area (Å²) < 4.78 is 31.9. The van der Waals surface area contributed by atoms with Gasteiger partial charge in [0.15, 0.2) is 0 Å². The fraction of sp³-hybridized carbons (Fsp3) is 0.656. The number of benzene rings is 1. The van der Waals surface area contributed by atoms with Gasteiger partial charge in [0.2, 0.25) is 11.7 Å². The molecule has 4 atom stereocenters. The first-order valence-corrected chi connectivity index (χ1v) is 15.8. The number of hydrogen-bond acceptors (Lipinski definition) is 9. The number of nitrogens with zero attached hydrogens (tertiary/aromatic N) is 3. The van der Waals surface area contributed by atoms with Gasteiger partial charge in [-0.3, -0.25) is 14.4 Å². The van der Waals surface area contributed by atoms with Crippen LogP contribution in [0.2, 0.25) is 0 Å². The molecule has 2 amide bonds. The number of likely N-dealkylation sites (tertiary alicyclic amines) is 1. The van der Waals surface area contributed by atoms with Gasteiger partial charge in [-0.15, -0.1) is 0 Å². The van der Waals surface area contributed by atoms with Crippen LogP contribution < -0.4 is 10.6 Å². The number of nitrogens with one attached hydrogen (secondary N) is 2. The summed E-state index contributed by atoms with van der Waals surface area (Å²) in [5.74, 6) is -0.552. The van der Waals surface area contributed by atoms with Crippen molar-refractivity contribution in [3.05, 3.63) is 35.5 Å². The first kappa shape index (κ1) is 32.0. The second kappa shape index (κ2) is 14.2. The van der Waals surface area contributed by atoms with Gasteiger partial charge in [-0.25, -0.2) is 4.39 Å². The normalized spacial score (nSPS) is 24.2. The molecule has 3 aliphatic rings. The highest BCUT2D eigenvalue weighted by atomic mass is 19.1. The molecule has 5 rings (SSSR count). The van der Waals surface area contributed by atoms with Crippen LogP contribution in [-0.2, 0) is 25.7 Å². The number of halogens is 1. The zero-order chi connectivity index (χ0) is 31.3. The summed E-state index contributed by atoms with van der Waals surface area (Å²) in [4.78, 5) is 43.9. The van der Waals surface area contributed by atoms with E-state index in [0.29, 0.717) is 24.9 Å².